The second kappa shape index (κ2) is 7.17. The summed E-state index contributed by atoms with van der Waals surface area (Å²) >= 11 is 1.27. The van der Waals surface area contributed by atoms with Crippen molar-refractivity contribution in [3.8, 4) is 0 Å². The highest BCUT2D eigenvalue weighted by atomic mass is 32.1. The van der Waals surface area contributed by atoms with Crippen molar-refractivity contribution < 1.29 is 9.53 Å². The number of carbonyl (C=O) groups excluding carboxylic acids is 1. The molecule has 0 radical (unpaired) electrons. The molecular formula is C11H20N4O2S. The standard InChI is InChI=1S/C11H20N4O2S/c1-4-15(6-7-17-5-2)10(16)8-9(12)14-11(13-3)18-8/h4-7,12H2,1-3H3,(H,13,14). The monoisotopic (exact) mass is 272 g/mol. The first-order valence-corrected chi connectivity index (χ1v) is 6.76. The Morgan fingerprint density at radius 3 is 2.78 bits per heavy atom. The lowest BCUT2D eigenvalue weighted by molar-refractivity contribution is 0.0674. The van der Waals surface area contributed by atoms with Crippen molar-refractivity contribution in [1.29, 1.82) is 0 Å². The van der Waals surface area contributed by atoms with Crippen LogP contribution in [0.4, 0.5) is 10.9 Å². The molecule has 0 bridgehead atoms. The van der Waals surface area contributed by atoms with Crippen molar-refractivity contribution in [3.63, 3.8) is 0 Å². The third-order valence-corrected chi connectivity index (χ3v) is 3.52. The Morgan fingerprint density at radius 1 is 1.56 bits per heavy atom. The lowest BCUT2D eigenvalue weighted by Crippen LogP contribution is -2.33. The Balaban J connectivity index is 2.73. The highest BCUT2D eigenvalue weighted by molar-refractivity contribution is 7.18. The number of likely N-dealkylation sites (N-methyl/N-ethyl adjacent to an activating group) is 1. The summed E-state index contributed by atoms with van der Waals surface area (Å²) in [4.78, 5) is 18.5. The number of rotatable bonds is 7. The first-order chi connectivity index (χ1) is 8.63. The van der Waals surface area contributed by atoms with E-state index in [1.54, 1.807) is 11.9 Å². The van der Waals surface area contributed by atoms with Crippen LogP contribution in [0.2, 0.25) is 0 Å². The number of nitrogens with one attached hydrogen (secondary N) is 1. The summed E-state index contributed by atoms with van der Waals surface area (Å²) in [6, 6.07) is 0. The zero-order valence-electron chi connectivity index (χ0n) is 11.0. The van der Waals surface area contributed by atoms with Crippen LogP contribution in [0.15, 0.2) is 0 Å². The van der Waals surface area contributed by atoms with E-state index >= 15 is 0 Å². The van der Waals surface area contributed by atoms with Gasteiger partial charge in [0.15, 0.2) is 5.13 Å². The maximum atomic E-state index is 12.3. The molecule has 0 aromatic carbocycles. The molecule has 18 heavy (non-hydrogen) atoms. The third kappa shape index (κ3) is 3.58. The molecule has 102 valence electrons. The average Bonchev–Trinajstić information content (AvgIpc) is 2.75. The van der Waals surface area contributed by atoms with Gasteiger partial charge in [-0.1, -0.05) is 11.3 Å². The number of nitrogens with two attached hydrogens (primary N) is 1. The maximum absolute atomic E-state index is 12.3. The second-order valence-electron chi connectivity index (χ2n) is 3.57. The summed E-state index contributed by atoms with van der Waals surface area (Å²) in [5.41, 5.74) is 5.75. The van der Waals surface area contributed by atoms with E-state index in [-0.39, 0.29) is 11.7 Å². The molecule has 1 heterocycles. The fourth-order valence-electron chi connectivity index (χ4n) is 1.46. The summed E-state index contributed by atoms with van der Waals surface area (Å²) < 4.78 is 5.26. The summed E-state index contributed by atoms with van der Waals surface area (Å²) in [7, 11) is 1.75. The molecule has 0 aliphatic heterocycles. The molecular weight excluding hydrogens is 252 g/mol. The van der Waals surface area contributed by atoms with Crippen LogP contribution in [0, 0.1) is 0 Å². The van der Waals surface area contributed by atoms with Gasteiger partial charge in [0.25, 0.3) is 5.91 Å². The van der Waals surface area contributed by atoms with Crippen LogP contribution in [0.5, 0.6) is 0 Å². The lowest BCUT2D eigenvalue weighted by atomic mass is 10.4. The number of anilines is 2. The van der Waals surface area contributed by atoms with Crippen LogP contribution in [0.3, 0.4) is 0 Å². The van der Waals surface area contributed by atoms with E-state index in [1.165, 1.54) is 11.3 Å². The number of nitrogens with zero attached hydrogens (tertiary/aromatic N) is 2. The Kier molecular flexibility index (Phi) is 5.87. The Morgan fingerprint density at radius 2 is 2.28 bits per heavy atom. The van der Waals surface area contributed by atoms with Crippen LogP contribution < -0.4 is 11.1 Å². The largest absolute Gasteiger partial charge is 0.382 e. The van der Waals surface area contributed by atoms with Crippen LogP contribution in [-0.4, -0.2) is 49.1 Å². The highest BCUT2D eigenvalue weighted by Crippen LogP contribution is 2.25. The summed E-state index contributed by atoms with van der Waals surface area (Å²) in [5.74, 6) is 0.193. The Hall–Kier alpha value is -1.34. The summed E-state index contributed by atoms with van der Waals surface area (Å²) in [5, 5.41) is 3.53. The van der Waals surface area contributed by atoms with Crippen LogP contribution in [0.25, 0.3) is 0 Å². The van der Waals surface area contributed by atoms with Gasteiger partial charge in [0, 0.05) is 26.7 Å². The van der Waals surface area contributed by atoms with E-state index < -0.39 is 0 Å². The number of carbonyl (C=O) groups is 1. The molecule has 0 spiro atoms. The van der Waals surface area contributed by atoms with Gasteiger partial charge in [-0.15, -0.1) is 0 Å². The van der Waals surface area contributed by atoms with Gasteiger partial charge in [0.05, 0.1) is 6.61 Å². The van der Waals surface area contributed by atoms with Gasteiger partial charge in [0.2, 0.25) is 0 Å². The van der Waals surface area contributed by atoms with Gasteiger partial charge >= 0.3 is 0 Å². The number of ether oxygens (including phenoxy) is 1. The SMILES string of the molecule is CCOCCN(CC)C(=O)c1sc(NC)nc1N. The molecule has 1 rings (SSSR count). The molecule has 0 unspecified atom stereocenters. The summed E-state index contributed by atoms with van der Waals surface area (Å²) in [6.45, 7) is 6.23. The van der Waals surface area contributed by atoms with Crippen molar-refractivity contribution in [2.75, 3.05) is 44.4 Å². The number of nitrogen functional groups attached to an aromatic ring is 1. The second-order valence-corrected chi connectivity index (χ2v) is 4.56. The molecule has 1 aromatic rings. The molecule has 0 aliphatic carbocycles. The van der Waals surface area contributed by atoms with Crippen LogP contribution >= 0.6 is 11.3 Å². The minimum atomic E-state index is -0.0892. The first-order valence-electron chi connectivity index (χ1n) is 5.95. The zero-order valence-corrected chi connectivity index (χ0v) is 11.8. The van der Waals surface area contributed by atoms with Crippen molar-refractivity contribution in [2.24, 2.45) is 0 Å². The topological polar surface area (TPSA) is 80.5 Å². The highest BCUT2D eigenvalue weighted by Gasteiger charge is 2.20. The van der Waals surface area contributed by atoms with Gasteiger partial charge in [-0.25, -0.2) is 4.98 Å². The molecule has 0 saturated carbocycles. The molecule has 1 amide bonds. The minimum absolute atomic E-state index is 0.0892. The third-order valence-electron chi connectivity index (χ3n) is 2.44. The molecule has 6 nitrogen and oxygen atoms in total. The average molecular weight is 272 g/mol. The number of aromatic nitrogens is 1. The zero-order chi connectivity index (χ0) is 13.5. The molecule has 3 N–H and O–H groups in total. The minimum Gasteiger partial charge on any atom is -0.382 e. The Labute approximate surface area is 111 Å². The van der Waals surface area contributed by atoms with E-state index in [4.69, 9.17) is 10.5 Å². The predicted molar refractivity (Wildman–Crippen MR) is 74.1 cm³/mol. The van der Waals surface area contributed by atoms with E-state index in [9.17, 15) is 4.79 Å². The van der Waals surface area contributed by atoms with Crippen molar-refractivity contribution in [1.82, 2.24) is 9.88 Å². The van der Waals surface area contributed by atoms with E-state index in [0.717, 1.165) is 0 Å². The number of thiazole rings is 1. The molecule has 0 aliphatic rings. The van der Waals surface area contributed by atoms with E-state index in [1.807, 2.05) is 13.8 Å². The fourth-order valence-corrected chi connectivity index (χ4v) is 2.26. The molecule has 0 atom stereocenters. The van der Waals surface area contributed by atoms with Crippen LogP contribution in [0.1, 0.15) is 23.5 Å². The van der Waals surface area contributed by atoms with Gasteiger partial charge < -0.3 is 20.7 Å². The van der Waals surface area contributed by atoms with E-state index in [0.29, 0.717) is 36.3 Å². The van der Waals surface area contributed by atoms with Crippen molar-refractivity contribution in [3.05, 3.63) is 4.88 Å². The number of hydrogen-bond acceptors (Lipinski definition) is 6. The molecule has 1 aromatic heterocycles. The summed E-state index contributed by atoms with van der Waals surface area (Å²) in [6.07, 6.45) is 0. The predicted octanol–water partition coefficient (Wildman–Crippen LogP) is 1.27. The van der Waals surface area contributed by atoms with Crippen molar-refractivity contribution in [2.45, 2.75) is 13.8 Å². The van der Waals surface area contributed by atoms with E-state index in [2.05, 4.69) is 10.3 Å². The number of hydrogen-bond donors (Lipinski definition) is 2. The Bertz CT molecular complexity index is 394. The van der Waals surface area contributed by atoms with Gasteiger partial charge in [-0.2, -0.15) is 0 Å². The maximum Gasteiger partial charge on any atom is 0.267 e. The quantitative estimate of drug-likeness (QED) is 0.731. The lowest BCUT2D eigenvalue weighted by Gasteiger charge is -2.19. The normalized spacial score (nSPS) is 10.4. The molecule has 7 heteroatoms. The molecule has 0 fully saturated rings. The fraction of sp³-hybridized carbons (Fsp3) is 0.636. The molecule has 0 saturated heterocycles. The smallest absolute Gasteiger partial charge is 0.267 e. The first kappa shape index (κ1) is 14.7. The van der Waals surface area contributed by atoms with Crippen molar-refractivity contribution >= 4 is 28.2 Å². The van der Waals surface area contributed by atoms with Gasteiger partial charge in [-0.05, 0) is 13.8 Å². The van der Waals surface area contributed by atoms with Gasteiger partial charge in [-0.3, -0.25) is 4.79 Å². The number of amides is 1. The van der Waals surface area contributed by atoms with Crippen LogP contribution in [-0.2, 0) is 4.74 Å². The van der Waals surface area contributed by atoms with Gasteiger partial charge in [0.1, 0.15) is 10.7 Å².